The predicted molar refractivity (Wildman–Crippen MR) is 95.5 cm³/mol. The van der Waals surface area contributed by atoms with Crippen LogP contribution in [0.5, 0.6) is 0 Å². The van der Waals surface area contributed by atoms with Crippen molar-refractivity contribution in [3.63, 3.8) is 0 Å². The topological polar surface area (TPSA) is 76.4 Å². The van der Waals surface area contributed by atoms with E-state index in [1.165, 1.54) is 0 Å². The SMILES string of the molecule is CCOC(=O)CCC(C#N)(CCC(=O)OCC)c1c(Cl)cccc1Cl. The summed E-state index contributed by atoms with van der Waals surface area (Å²) < 4.78 is 9.87. The van der Waals surface area contributed by atoms with E-state index in [0.717, 1.165) is 0 Å². The first-order valence-electron chi connectivity index (χ1n) is 8.07. The lowest BCUT2D eigenvalue weighted by Crippen LogP contribution is -2.28. The van der Waals surface area contributed by atoms with E-state index in [-0.39, 0.29) is 38.9 Å². The largest absolute Gasteiger partial charge is 0.466 e. The molecule has 0 aromatic heterocycles. The molecular formula is C18H21Cl2NO4. The molecule has 0 N–H and O–H groups in total. The third-order valence-corrected chi connectivity index (χ3v) is 4.41. The monoisotopic (exact) mass is 385 g/mol. The molecule has 0 bridgehead atoms. The van der Waals surface area contributed by atoms with Crippen molar-refractivity contribution in [2.24, 2.45) is 0 Å². The maximum Gasteiger partial charge on any atom is 0.305 e. The van der Waals surface area contributed by atoms with E-state index in [2.05, 4.69) is 6.07 Å². The number of carbonyl (C=O) groups is 2. The van der Waals surface area contributed by atoms with Gasteiger partial charge in [0.1, 0.15) is 0 Å². The van der Waals surface area contributed by atoms with Gasteiger partial charge in [-0.05, 0) is 38.8 Å². The van der Waals surface area contributed by atoms with Crippen molar-refractivity contribution >= 4 is 35.1 Å². The van der Waals surface area contributed by atoms with E-state index in [4.69, 9.17) is 32.7 Å². The zero-order valence-electron chi connectivity index (χ0n) is 14.3. The van der Waals surface area contributed by atoms with Crippen LogP contribution in [0.2, 0.25) is 10.0 Å². The Hall–Kier alpha value is -1.77. The van der Waals surface area contributed by atoms with Gasteiger partial charge >= 0.3 is 11.9 Å². The highest BCUT2D eigenvalue weighted by molar-refractivity contribution is 6.36. The van der Waals surface area contributed by atoms with Crippen LogP contribution < -0.4 is 0 Å². The third-order valence-electron chi connectivity index (χ3n) is 3.78. The van der Waals surface area contributed by atoms with Crippen LogP contribution >= 0.6 is 23.2 Å². The predicted octanol–water partition coefficient (Wildman–Crippen LogP) is 4.44. The Labute approximate surface area is 157 Å². The van der Waals surface area contributed by atoms with Gasteiger partial charge in [0.2, 0.25) is 0 Å². The van der Waals surface area contributed by atoms with E-state index >= 15 is 0 Å². The fourth-order valence-corrected chi connectivity index (χ4v) is 3.35. The van der Waals surface area contributed by atoms with Gasteiger partial charge < -0.3 is 9.47 Å². The smallest absolute Gasteiger partial charge is 0.305 e. The molecule has 0 heterocycles. The Morgan fingerprint density at radius 2 is 1.48 bits per heavy atom. The molecule has 136 valence electrons. The molecule has 0 aliphatic heterocycles. The van der Waals surface area contributed by atoms with Gasteiger partial charge in [0, 0.05) is 28.5 Å². The number of ether oxygens (including phenoxy) is 2. The van der Waals surface area contributed by atoms with Crippen LogP contribution in [-0.4, -0.2) is 25.2 Å². The minimum Gasteiger partial charge on any atom is -0.466 e. The number of esters is 2. The molecule has 0 amide bonds. The maximum atomic E-state index is 11.8. The minimum absolute atomic E-state index is 0.0196. The molecule has 1 aromatic carbocycles. The van der Waals surface area contributed by atoms with Gasteiger partial charge in [-0.15, -0.1) is 0 Å². The summed E-state index contributed by atoms with van der Waals surface area (Å²) in [6.45, 7) is 3.93. The first-order valence-corrected chi connectivity index (χ1v) is 8.82. The van der Waals surface area contributed by atoms with E-state index < -0.39 is 17.4 Å². The number of benzene rings is 1. The Balaban J connectivity index is 3.17. The highest BCUT2D eigenvalue weighted by Gasteiger charge is 2.37. The van der Waals surface area contributed by atoms with Crippen LogP contribution in [0.4, 0.5) is 0 Å². The van der Waals surface area contributed by atoms with Crippen LogP contribution in [0.25, 0.3) is 0 Å². The Bertz CT molecular complexity index is 613. The molecule has 0 spiro atoms. The summed E-state index contributed by atoms with van der Waals surface area (Å²) in [5.74, 6) is -0.831. The fraction of sp³-hybridized carbons (Fsp3) is 0.500. The second-order valence-electron chi connectivity index (χ2n) is 5.40. The first kappa shape index (κ1) is 21.3. The van der Waals surface area contributed by atoms with Crippen molar-refractivity contribution in [2.75, 3.05) is 13.2 Å². The molecule has 0 radical (unpaired) electrons. The van der Waals surface area contributed by atoms with Crippen molar-refractivity contribution in [3.8, 4) is 6.07 Å². The number of carbonyl (C=O) groups excluding carboxylic acids is 2. The van der Waals surface area contributed by atoms with E-state index in [0.29, 0.717) is 15.6 Å². The van der Waals surface area contributed by atoms with Gasteiger partial charge in [-0.25, -0.2) is 0 Å². The summed E-state index contributed by atoms with van der Waals surface area (Å²) in [5, 5.41) is 10.5. The molecule has 1 rings (SSSR count). The second-order valence-corrected chi connectivity index (χ2v) is 6.22. The van der Waals surface area contributed by atoms with Crippen LogP contribution in [0.15, 0.2) is 18.2 Å². The number of hydrogen-bond acceptors (Lipinski definition) is 5. The van der Waals surface area contributed by atoms with Crippen molar-refractivity contribution < 1.29 is 19.1 Å². The van der Waals surface area contributed by atoms with Gasteiger partial charge in [-0.3, -0.25) is 9.59 Å². The molecule has 7 heteroatoms. The average molecular weight is 386 g/mol. The zero-order valence-corrected chi connectivity index (χ0v) is 15.8. The normalized spacial score (nSPS) is 10.8. The summed E-state index contributed by atoms with van der Waals surface area (Å²) in [6, 6.07) is 7.15. The Kier molecular flexibility index (Phi) is 8.74. The highest BCUT2D eigenvalue weighted by atomic mass is 35.5. The summed E-state index contributed by atoms with van der Waals surface area (Å²) in [6.07, 6.45) is 0.327. The zero-order chi connectivity index (χ0) is 18.9. The number of halogens is 2. The lowest BCUT2D eigenvalue weighted by atomic mass is 9.74. The molecule has 25 heavy (non-hydrogen) atoms. The van der Waals surface area contributed by atoms with Gasteiger partial charge in [0.25, 0.3) is 0 Å². The molecule has 0 saturated heterocycles. The van der Waals surface area contributed by atoms with Crippen LogP contribution in [0.3, 0.4) is 0 Å². The van der Waals surface area contributed by atoms with Crippen LogP contribution in [-0.2, 0) is 24.5 Å². The van der Waals surface area contributed by atoms with Gasteiger partial charge in [-0.1, -0.05) is 29.3 Å². The Morgan fingerprint density at radius 1 is 1.04 bits per heavy atom. The molecular weight excluding hydrogens is 365 g/mol. The minimum atomic E-state index is -1.19. The van der Waals surface area contributed by atoms with Crippen molar-refractivity contribution in [2.45, 2.75) is 44.9 Å². The van der Waals surface area contributed by atoms with E-state index in [1.54, 1.807) is 32.0 Å². The fourth-order valence-electron chi connectivity index (χ4n) is 2.59. The summed E-state index contributed by atoms with van der Waals surface area (Å²) in [7, 11) is 0. The summed E-state index contributed by atoms with van der Waals surface area (Å²) in [4.78, 5) is 23.5. The molecule has 5 nitrogen and oxygen atoms in total. The highest BCUT2D eigenvalue weighted by Crippen LogP contribution is 2.42. The molecule has 0 unspecified atom stereocenters. The number of hydrogen-bond donors (Lipinski definition) is 0. The molecule has 0 saturated carbocycles. The molecule has 0 fully saturated rings. The molecule has 0 aliphatic carbocycles. The van der Waals surface area contributed by atoms with Crippen molar-refractivity contribution in [1.82, 2.24) is 0 Å². The van der Waals surface area contributed by atoms with Gasteiger partial charge in [0.05, 0.1) is 24.7 Å². The lowest BCUT2D eigenvalue weighted by Gasteiger charge is -2.28. The molecule has 1 aromatic rings. The standard InChI is InChI=1S/C18H21Cl2NO4/c1-3-24-15(22)8-10-18(12-21,11-9-16(23)25-4-2)17-13(19)6-5-7-14(17)20/h5-7H,3-4,8-11H2,1-2H3. The molecule has 0 atom stereocenters. The Morgan fingerprint density at radius 3 is 1.84 bits per heavy atom. The quantitative estimate of drug-likeness (QED) is 0.587. The van der Waals surface area contributed by atoms with Gasteiger partial charge in [-0.2, -0.15) is 5.26 Å². The maximum absolute atomic E-state index is 11.8. The number of nitriles is 1. The van der Waals surface area contributed by atoms with Gasteiger partial charge in [0.15, 0.2) is 0 Å². The number of nitrogens with zero attached hydrogens (tertiary/aromatic N) is 1. The summed E-state index contributed by atoms with van der Waals surface area (Å²) >= 11 is 12.6. The number of rotatable bonds is 9. The van der Waals surface area contributed by atoms with E-state index in [1.807, 2.05) is 0 Å². The average Bonchev–Trinajstić information content (AvgIpc) is 2.57. The van der Waals surface area contributed by atoms with E-state index in [9.17, 15) is 14.9 Å². The summed E-state index contributed by atoms with van der Waals surface area (Å²) in [5.41, 5.74) is -0.760. The first-order chi connectivity index (χ1) is 11.9. The van der Waals surface area contributed by atoms with Crippen molar-refractivity contribution in [3.05, 3.63) is 33.8 Å². The van der Waals surface area contributed by atoms with Crippen LogP contribution in [0, 0.1) is 11.3 Å². The molecule has 0 aliphatic rings. The third kappa shape index (κ3) is 5.91. The lowest BCUT2D eigenvalue weighted by molar-refractivity contribution is -0.143. The second kappa shape index (κ2) is 10.3. The van der Waals surface area contributed by atoms with Crippen LogP contribution in [0.1, 0.15) is 45.1 Å². The van der Waals surface area contributed by atoms with Crippen molar-refractivity contribution in [1.29, 1.82) is 5.26 Å².